The Morgan fingerprint density at radius 2 is 1.71 bits per heavy atom. The van der Waals surface area contributed by atoms with E-state index >= 15 is 0 Å². The van der Waals surface area contributed by atoms with Crippen molar-refractivity contribution in [2.24, 2.45) is 5.92 Å². The van der Waals surface area contributed by atoms with Gasteiger partial charge in [0.05, 0.1) is 23.7 Å². The minimum atomic E-state index is -1.04. The van der Waals surface area contributed by atoms with E-state index in [4.69, 9.17) is 21.3 Å². The molecule has 1 aliphatic rings. The van der Waals surface area contributed by atoms with Gasteiger partial charge in [0.15, 0.2) is 5.92 Å². The summed E-state index contributed by atoms with van der Waals surface area (Å²) < 4.78 is 7.39. The Labute approximate surface area is 202 Å². The van der Waals surface area contributed by atoms with Crippen LogP contribution in [0.15, 0.2) is 78.9 Å². The summed E-state index contributed by atoms with van der Waals surface area (Å²) in [5.41, 5.74) is 3.51. The highest BCUT2D eigenvalue weighted by molar-refractivity contribution is 6.30. The quantitative estimate of drug-likeness (QED) is 0.290. The fraction of sp³-hybridized carbons (Fsp3) is 0.222. The van der Waals surface area contributed by atoms with Crippen molar-refractivity contribution in [3.05, 3.63) is 95.0 Å². The third kappa shape index (κ3) is 3.94. The van der Waals surface area contributed by atoms with Crippen LogP contribution in [0.2, 0.25) is 5.02 Å². The number of hydrogen-bond donors (Lipinski definition) is 0. The van der Waals surface area contributed by atoms with Gasteiger partial charge < -0.3 is 9.30 Å². The highest BCUT2D eigenvalue weighted by atomic mass is 35.5. The van der Waals surface area contributed by atoms with E-state index in [9.17, 15) is 9.59 Å². The zero-order valence-electron chi connectivity index (χ0n) is 18.7. The van der Waals surface area contributed by atoms with Crippen LogP contribution in [0.4, 0.5) is 5.95 Å². The molecule has 5 rings (SSSR count). The summed E-state index contributed by atoms with van der Waals surface area (Å²) in [6.07, 6.45) is 0.636. The molecule has 0 saturated carbocycles. The summed E-state index contributed by atoms with van der Waals surface area (Å²) in [7, 11) is 0. The number of imidazole rings is 1. The van der Waals surface area contributed by atoms with Gasteiger partial charge in [-0.15, -0.1) is 0 Å². The molecule has 4 aromatic rings. The molecule has 34 heavy (non-hydrogen) atoms. The van der Waals surface area contributed by atoms with E-state index in [2.05, 4.69) is 0 Å². The summed E-state index contributed by atoms with van der Waals surface area (Å²) >= 11 is 6.14. The molecule has 2 heterocycles. The van der Waals surface area contributed by atoms with Gasteiger partial charge in [0, 0.05) is 11.6 Å². The van der Waals surface area contributed by atoms with E-state index in [-0.39, 0.29) is 12.5 Å². The molecule has 3 aromatic carbocycles. The van der Waals surface area contributed by atoms with Crippen LogP contribution in [-0.4, -0.2) is 34.6 Å². The Hall–Kier alpha value is -3.64. The van der Waals surface area contributed by atoms with Gasteiger partial charge >= 0.3 is 5.97 Å². The van der Waals surface area contributed by atoms with Gasteiger partial charge in [-0.25, -0.2) is 4.98 Å². The molecule has 0 N–H and O–H groups in total. The predicted molar refractivity (Wildman–Crippen MR) is 132 cm³/mol. The van der Waals surface area contributed by atoms with Crippen molar-refractivity contribution in [1.29, 1.82) is 0 Å². The fourth-order valence-electron chi connectivity index (χ4n) is 4.61. The molecule has 1 aromatic heterocycles. The first-order valence-corrected chi connectivity index (χ1v) is 11.7. The molecule has 0 saturated heterocycles. The summed E-state index contributed by atoms with van der Waals surface area (Å²) in [5.74, 6) is -1.36. The van der Waals surface area contributed by atoms with Gasteiger partial charge in [-0.05, 0) is 48.7 Å². The number of anilines is 1. The SMILES string of the molecule is CCOC(=O)[C@H]1C(=O)N(CCc2ccccc2)c2nc3ccccc3n2[C@H]1c1ccc(Cl)cc1. The van der Waals surface area contributed by atoms with Gasteiger partial charge in [-0.1, -0.05) is 66.2 Å². The molecular formula is C27H24ClN3O3. The normalized spacial score (nSPS) is 17.6. The van der Waals surface area contributed by atoms with Crippen molar-refractivity contribution in [3.63, 3.8) is 0 Å². The van der Waals surface area contributed by atoms with Crippen molar-refractivity contribution < 1.29 is 14.3 Å². The predicted octanol–water partition coefficient (Wildman–Crippen LogP) is 5.05. The Bertz CT molecular complexity index is 1330. The molecule has 0 radical (unpaired) electrons. The first-order chi connectivity index (χ1) is 16.6. The Morgan fingerprint density at radius 3 is 2.44 bits per heavy atom. The van der Waals surface area contributed by atoms with E-state index in [1.807, 2.05) is 71.3 Å². The van der Waals surface area contributed by atoms with Gasteiger partial charge in [0.1, 0.15) is 0 Å². The van der Waals surface area contributed by atoms with E-state index in [1.54, 1.807) is 24.0 Å². The van der Waals surface area contributed by atoms with Gasteiger partial charge in [0.2, 0.25) is 11.9 Å². The maximum atomic E-state index is 13.9. The van der Waals surface area contributed by atoms with Crippen molar-refractivity contribution in [2.75, 3.05) is 18.1 Å². The van der Waals surface area contributed by atoms with Gasteiger partial charge in [-0.3, -0.25) is 14.5 Å². The number of fused-ring (bicyclic) bond motifs is 3. The molecule has 6 nitrogen and oxygen atoms in total. The summed E-state index contributed by atoms with van der Waals surface area (Å²) in [6, 6.07) is 24.3. The lowest BCUT2D eigenvalue weighted by molar-refractivity contribution is -0.153. The van der Waals surface area contributed by atoms with Crippen LogP contribution in [0, 0.1) is 5.92 Å². The number of hydrogen-bond acceptors (Lipinski definition) is 4. The smallest absolute Gasteiger partial charge is 0.321 e. The highest BCUT2D eigenvalue weighted by Gasteiger charge is 2.47. The highest BCUT2D eigenvalue weighted by Crippen LogP contribution is 2.41. The Kier molecular flexibility index (Phi) is 6.07. The van der Waals surface area contributed by atoms with Crippen LogP contribution in [0.25, 0.3) is 11.0 Å². The molecule has 0 spiro atoms. The molecule has 0 fully saturated rings. The average molecular weight is 474 g/mol. The molecule has 0 unspecified atom stereocenters. The summed E-state index contributed by atoms with van der Waals surface area (Å²) in [4.78, 5) is 33.6. The second-order valence-corrected chi connectivity index (χ2v) is 8.66. The molecule has 0 bridgehead atoms. The topological polar surface area (TPSA) is 64.4 Å². The number of halogens is 1. The Morgan fingerprint density at radius 1 is 1.00 bits per heavy atom. The van der Waals surface area contributed by atoms with Crippen molar-refractivity contribution in [3.8, 4) is 0 Å². The van der Waals surface area contributed by atoms with Crippen LogP contribution in [0.5, 0.6) is 0 Å². The number of nitrogens with zero attached hydrogens (tertiary/aromatic N) is 3. The van der Waals surface area contributed by atoms with Crippen LogP contribution < -0.4 is 4.90 Å². The summed E-state index contributed by atoms with van der Waals surface area (Å²) in [6.45, 7) is 2.33. The fourth-order valence-corrected chi connectivity index (χ4v) is 4.73. The number of carbonyl (C=O) groups excluding carboxylic acids is 2. The number of esters is 1. The number of benzene rings is 3. The molecular weight excluding hydrogens is 450 g/mol. The first kappa shape index (κ1) is 22.2. The monoisotopic (exact) mass is 473 g/mol. The minimum Gasteiger partial charge on any atom is -0.465 e. The second kappa shape index (κ2) is 9.31. The second-order valence-electron chi connectivity index (χ2n) is 8.22. The van der Waals surface area contributed by atoms with Crippen LogP contribution in [-0.2, 0) is 20.7 Å². The summed E-state index contributed by atoms with van der Waals surface area (Å²) in [5, 5.41) is 0.582. The lowest BCUT2D eigenvalue weighted by Gasteiger charge is -2.38. The third-order valence-electron chi connectivity index (χ3n) is 6.16. The third-order valence-corrected chi connectivity index (χ3v) is 6.42. The van der Waals surface area contributed by atoms with E-state index in [1.165, 1.54) is 0 Å². The number of rotatable bonds is 6. The van der Waals surface area contributed by atoms with Crippen molar-refractivity contribution in [2.45, 2.75) is 19.4 Å². The maximum absolute atomic E-state index is 13.9. The van der Waals surface area contributed by atoms with Gasteiger partial charge in [-0.2, -0.15) is 0 Å². The number of aromatic nitrogens is 2. The van der Waals surface area contributed by atoms with E-state index in [0.29, 0.717) is 23.9 Å². The molecule has 7 heteroatoms. The molecule has 1 amide bonds. The lowest BCUT2D eigenvalue weighted by atomic mass is 9.89. The minimum absolute atomic E-state index is 0.192. The first-order valence-electron chi connectivity index (χ1n) is 11.3. The molecule has 1 aliphatic heterocycles. The average Bonchev–Trinajstić information content (AvgIpc) is 3.23. The van der Waals surface area contributed by atoms with Gasteiger partial charge in [0.25, 0.3) is 0 Å². The molecule has 2 atom stereocenters. The van der Waals surface area contributed by atoms with E-state index < -0.39 is 17.9 Å². The molecule has 0 aliphatic carbocycles. The van der Waals surface area contributed by atoms with Crippen LogP contribution in [0.1, 0.15) is 24.1 Å². The van der Waals surface area contributed by atoms with Crippen LogP contribution >= 0.6 is 11.6 Å². The van der Waals surface area contributed by atoms with Crippen molar-refractivity contribution >= 4 is 40.5 Å². The van der Waals surface area contributed by atoms with Crippen LogP contribution in [0.3, 0.4) is 0 Å². The zero-order chi connectivity index (χ0) is 23.7. The maximum Gasteiger partial charge on any atom is 0.321 e. The number of para-hydroxylation sites is 2. The zero-order valence-corrected chi connectivity index (χ0v) is 19.5. The number of ether oxygens (including phenoxy) is 1. The number of amides is 1. The van der Waals surface area contributed by atoms with Crippen molar-refractivity contribution in [1.82, 2.24) is 9.55 Å². The standard InChI is InChI=1S/C27H24ClN3O3/c1-2-34-26(33)23-24(19-12-14-20(28)15-13-19)31-22-11-7-6-10-21(22)29-27(31)30(25(23)32)17-16-18-8-4-3-5-9-18/h3-15,23-24H,2,16-17H2,1H3/t23-,24+/m1/s1. The number of carbonyl (C=O) groups is 2. The largest absolute Gasteiger partial charge is 0.465 e. The van der Waals surface area contributed by atoms with E-state index in [0.717, 1.165) is 22.2 Å². The molecule has 172 valence electrons. The Balaban J connectivity index is 1.68. The lowest BCUT2D eigenvalue weighted by Crippen LogP contribution is -2.50.